The van der Waals surface area contributed by atoms with Crippen molar-refractivity contribution in [3.8, 4) is 0 Å². The smallest absolute Gasteiger partial charge is 0.253 e. The van der Waals surface area contributed by atoms with Crippen molar-refractivity contribution in [3.63, 3.8) is 0 Å². The number of thioether (sulfide) groups is 1. The monoisotopic (exact) mass is 288 g/mol. The van der Waals surface area contributed by atoms with Gasteiger partial charge >= 0.3 is 0 Å². The van der Waals surface area contributed by atoms with Crippen LogP contribution in [-0.2, 0) is 0 Å². The van der Waals surface area contributed by atoms with Gasteiger partial charge in [-0.15, -0.1) is 0 Å². The summed E-state index contributed by atoms with van der Waals surface area (Å²) >= 11 is 7.61. The van der Waals surface area contributed by atoms with Crippen molar-refractivity contribution in [1.29, 1.82) is 0 Å². The molecular formula is C11H17ClN4OS. The van der Waals surface area contributed by atoms with Crippen molar-refractivity contribution in [2.75, 3.05) is 17.4 Å². The summed E-state index contributed by atoms with van der Waals surface area (Å²) in [5.41, 5.74) is 2.78. The normalized spacial score (nSPS) is 12.0. The molecule has 1 aromatic rings. The predicted molar refractivity (Wildman–Crippen MR) is 77.0 cm³/mol. The minimum Gasteiger partial charge on any atom is -0.348 e. The standard InChI is InChI=1S/C11H17ClN4OS/c1-3-8(6-18-2)15-11(17)7-4-9(12)10(16-13)14-5-7/h4-5,8H,3,6,13H2,1-2H3,(H,14,16)(H,15,17). The highest BCUT2D eigenvalue weighted by atomic mass is 35.5. The minimum absolute atomic E-state index is 0.151. The van der Waals surface area contributed by atoms with Gasteiger partial charge in [-0.25, -0.2) is 10.8 Å². The molecule has 0 aromatic carbocycles. The van der Waals surface area contributed by atoms with Crippen molar-refractivity contribution < 1.29 is 4.79 Å². The Hall–Kier alpha value is -0.980. The van der Waals surface area contributed by atoms with Gasteiger partial charge in [-0.05, 0) is 18.7 Å². The van der Waals surface area contributed by atoms with Gasteiger partial charge in [0, 0.05) is 18.0 Å². The van der Waals surface area contributed by atoms with E-state index in [1.807, 2.05) is 13.2 Å². The SMILES string of the molecule is CCC(CSC)NC(=O)c1cnc(NN)c(Cl)c1. The maximum Gasteiger partial charge on any atom is 0.253 e. The fraction of sp³-hybridized carbons (Fsp3) is 0.455. The topological polar surface area (TPSA) is 80.0 Å². The third-order valence-electron chi connectivity index (χ3n) is 2.44. The molecule has 1 heterocycles. The molecule has 0 spiro atoms. The molecule has 0 aliphatic rings. The zero-order valence-corrected chi connectivity index (χ0v) is 11.9. The summed E-state index contributed by atoms with van der Waals surface area (Å²) in [7, 11) is 0. The summed E-state index contributed by atoms with van der Waals surface area (Å²) in [5, 5.41) is 3.26. The lowest BCUT2D eigenvalue weighted by Gasteiger charge is -2.15. The van der Waals surface area contributed by atoms with Crippen LogP contribution in [-0.4, -0.2) is 28.9 Å². The number of carbonyl (C=O) groups excluding carboxylic acids is 1. The van der Waals surface area contributed by atoms with Crippen LogP contribution in [0.2, 0.25) is 5.02 Å². The van der Waals surface area contributed by atoms with E-state index >= 15 is 0 Å². The molecule has 0 saturated carbocycles. The Bertz CT molecular complexity index is 416. The molecule has 18 heavy (non-hydrogen) atoms. The molecule has 1 rings (SSSR count). The Balaban J connectivity index is 2.74. The first-order valence-electron chi connectivity index (χ1n) is 5.54. The minimum atomic E-state index is -0.172. The van der Waals surface area contributed by atoms with Crippen LogP contribution in [0.1, 0.15) is 23.7 Å². The number of amides is 1. The number of nitrogens with zero attached hydrogens (tertiary/aromatic N) is 1. The lowest BCUT2D eigenvalue weighted by Crippen LogP contribution is -2.36. The van der Waals surface area contributed by atoms with Crippen molar-refractivity contribution in [2.45, 2.75) is 19.4 Å². The van der Waals surface area contributed by atoms with Gasteiger partial charge in [-0.2, -0.15) is 11.8 Å². The highest BCUT2D eigenvalue weighted by molar-refractivity contribution is 7.98. The molecule has 1 unspecified atom stereocenters. The Kier molecular flexibility index (Phi) is 6.24. The van der Waals surface area contributed by atoms with Gasteiger partial charge in [0.05, 0.1) is 10.6 Å². The Labute approximate surface area is 116 Å². The number of anilines is 1. The number of carbonyl (C=O) groups is 1. The van der Waals surface area contributed by atoms with Crippen molar-refractivity contribution >= 4 is 35.1 Å². The third-order valence-corrected chi connectivity index (χ3v) is 3.46. The first-order valence-corrected chi connectivity index (χ1v) is 7.31. The molecule has 0 aliphatic heterocycles. The number of nitrogen functional groups attached to an aromatic ring is 1. The Morgan fingerprint density at radius 1 is 1.67 bits per heavy atom. The Morgan fingerprint density at radius 3 is 2.89 bits per heavy atom. The number of halogens is 1. The zero-order valence-electron chi connectivity index (χ0n) is 10.4. The highest BCUT2D eigenvalue weighted by Crippen LogP contribution is 2.19. The predicted octanol–water partition coefficient (Wildman–Crippen LogP) is 1.89. The second kappa shape index (κ2) is 7.45. The van der Waals surface area contributed by atoms with Crippen LogP contribution in [0.3, 0.4) is 0 Å². The van der Waals surface area contributed by atoms with E-state index in [0.717, 1.165) is 12.2 Å². The van der Waals surface area contributed by atoms with Crippen LogP contribution in [0, 0.1) is 0 Å². The van der Waals surface area contributed by atoms with E-state index in [1.54, 1.807) is 17.8 Å². The lowest BCUT2D eigenvalue weighted by atomic mass is 10.2. The largest absolute Gasteiger partial charge is 0.348 e. The summed E-state index contributed by atoms with van der Waals surface area (Å²) in [5.74, 6) is 6.28. The van der Waals surface area contributed by atoms with Crippen LogP contribution < -0.4 is 16.6 Å². The van der Waals surface area contributed by atoms with Crippen molar-refractivity contribution in [3.05, 3.63) is 22.8 Å². The number of nitrogens with two attached hydrogens (primary N) is 1. The molecule has 0 bridgehead atoms. The van der Waals surface area contributed by atoms with Crippen LogP contribution in [0.25, 0.3) is 0 Å². The molecule has 1 aromatic heterocycles. The fourth-order valence-electron chi connectivity index (χ4n) is 1.40. The Morgan fingerprint density at radius 2 is 2.39 bits per heavy atom. The molecule has 4 N–H and O–H groups in total. The fourth-order valence-corrected chi connectivity index (χ4v) is 2.34. The van der Waals surface area contributed by atoms with E-state index in [4.69, 9.17) is 17.4 Å². The number of hydrogen-bond acceptors (Lipinski definition) is 5. The third kappa shape index (κ3) is 4.04. The van der Waals surface area contributed by atoms with Crippen LogP contribution in [0.5, 0.6) is 0 Å². The molecule has 7 heteroatoms. The summed E-state index contributed by atoms with van der Waals surface area (Å²) in [6.45, 7) is 2.04. The van der Waals surface area contributed by atoms with Crippen LogP contribution >= 0.6 is 23.4 Å². The number of nitrogens with one attached hydrogen (secondary N) is 2. The molecule has 1 atom stereocenters. The molecule has 1 amide bonds. The summed E-state index contributed by atoms with van der Waals surface area (Å²) in [6, 6.07) is 1.70. The molecule has 0 radical (unpaired) electrons. The number of hydrogen-bond donors (Lipinski definition) is 3. The van der Waals surface area contributed by atoms with E-state index in [2.05, 4.69) is 15.7 Å². The van der Waals surface area contributed by atoms with Crippen LogP contribution in [0.4, 0.5) is 5.82 Å². The molecule has 100 valence electrons. The lowest BCUT2D eigenvalue weighted by molar-refractivity contribution is 0.0939. The average Bonchev–Trinajstić information content (AvgIpc) is 2.37. The summed E-state index contributed by atoms with van der Waals surface area (Å²) in [6.07, 6.45) is 4.34. The average molecular weight is 289 g/mol. The number of hydrazine groups is 1. The second-order valence-corrected chi connectivity index (χ2v) is 5.05. The van der Waals surface area contributed by atoms with Crippen molar-refractivity contribution in [2.24, 2.45) is 5.84 Å². The van der Waals surface area contributed by atoms with E-state index in [9.17, 15) is 4.79 Å². The first kappa shape index (κ1) is 15.1. The number of aromatic nitrogens is 1. The maximum absolute atomic E-state index is 12.0. The van der Waals surface area contributed by atoms with E-state index < -0.39 is 0 Å². The number of rotatable bonds is 6. The van der Waals surface area contributed by atoms with Crippen molar-refractivity contribution in [1.82, 2.24) is 10.3 Å². The molecule has 5 nitrogen and oxygen atoms in total. The summed E-state index contributed by atoms with van der Waals surface area (Å²) in [4.78, 5) is 15.9. The van der Waals surface area contributed by atoms with Gasteiger partial charge in [0.1, 0.15) is 0 Å². The molecule has 0 aliphatic carbocycles. The molecular weight excluding hydrogens is 272 g/mol. The quantitative estimate of drug-likeness (QED) is 0.550. The highest BCUT2D eigenvalue weighted by Gasteiger charge is 2.13. The first-order chi connectivity index (χ1) is 8.62. The van der Waals surface area contributed by atoms with E-state index in [1.165, 1.54) is 6.20 Å². The van der Waals surface area contributed by atoms with Gasteiger partial charge in [0.2, 0.25) is 0 Å². The summed E-state index contributed by atoms with van der Waals surface area (Å²) < 4.78 is 0. The zero-order chi connectivity index (χ0) is 13.5. The van der Waals surface area contributed by atoms with Gasteiger partial charge in [0.25, 0.3) is 5.91 Å². The second-order valence-electron chi connectivity index (χ2n) is 3.73. The maximum atomic E-state index is 12.0. The van der Waals surface area contributed by atoms with Gasteiger partial charge < -0.3 is 10.7 Å². The van der Waals surface area contributed by atoms with Gasteiger partial charge in [0.15, 0.2) is 5.82 Å². The molecule has 0 saturated heterocycles. The van der Waals surface area contributed by atoms with Crippen LogP contribution in [0.15, 0.2) is 12.3 Å². The van der Waals surface area contributed by atoms with E-state index in [0.29, 0.717) is 16.4 Å². The van der Waals surface area contributed by atoms with Gasteiger partial charge in [-0.3, -0.25) is 4.79 Å². The van der Waals surface area contributed by atoms with Gasteiger partial charge in [-0.1, -0.05) is 18.5 Å². The molecule has 0 fully saturated rings. The van der Waals surface area contributed by atoms with E-state index in [-0.39, 0.29) is 11.9 Å². The number of pyridine rings is 1.